The van der Waals surface area contributed by atoms with E-state index in [9.17, 15) is 0 Å². The van der Waals surface area contributed by atoms with Crippen molar-refractivity contribution < 1.29 is 0 Å². The van der Waals surface area contributed by atoms with Gasteiger partial charge in [-0.3, -0.25) is 0 Å². The molecule has 0 fully saturated rings. The number of hydrogen-bond donors (Lipinski definition) is 0. The maximum Gasteiger partial charge on any atom is 0.162 e. The molecule has 4 heteroatoms. The molecule has 234 valence electrons. The van der Waals surface area contributed by atoms with Crippen LogP contribution in [0.5, 0.6) is 0 Å². The van der Waals surface area contributed by atoms with Crippen molar-refractivity contribution in [3.63, 3.8) is 0 Å². The lowest BCUT2D eigenvalue weighted by Gasteiger charge is -2.15. The summed E-state index contributed by atoms with van der Waals surface area (Å²) in [5, 5.41) is 4.89. The number of fused-ring (bicyclic) bond motifs is 6. The lowest BCUT2D eigenvalue weighted by Crippen LogP contribution is -2.01. The molecule has 0 radical (unpaired) electrons. The Labute approximate surface area is 289 Å². The average molecular weight is 639 g/mol. The Hall–Kier alpha value is -6.78. The van der Waals surface area contributed by atoms with Crippen LogP contribution in [0.1, 0.15) is 0 Å². The summed E-state index contributed by atoms with van der Waals surface area (Å²) >= 11 is 0. The van der Waals surface area contributed by atoms with Crippen LogP contribution >= 0.6 is 0 Å². The molecule has 0 N–H and O–H groups in total. The molecule has 0 saturated heterocycles. The predicted octanol–water partition coefficient (Wildman–Crippen LogP) is 11.7. The van der Waals surface area contributed by atoms with Crippen molar-refractivity contribution >= 4 is 43.6 Å². The van der Waals surface area contributed by atoms with Crippen LogP contribution in [0.15, 0.2) is 182 Å². The Balaban J connectivity index is 1.26. The normalized spacial score (nSPS) is 11.6. The number of aromatic nitrogens is 4. The third kappa shape index (κ3) is 4.39. The van der Waals surface area contributed by atoms with Gasteiger partial charge in [0.05, 0.1) is 44.8 Å². The van der Waals surface area contributed by atoms with Gasteiger partial charge in [0, 0.05) is 38.2 Å². The van der Waals surface area contributed by atoms with E-state index < -0.39 is 0 Å². The summed E-state index contributed by atoms with van der Waals surface area (Å²) in [6, 6.07) is 64.1. The minimum atomic E-state index is 0.685. The summed E-state index contributed by atoms with van der Waals surface area (Å²) in [6.45, 7) is 0. The van der Waals surface area contributed by atoms with Crippen molar-refractivity contribution in [2.45, 2.75) is 0 Å². The Morgan fingerprint density at radius 3 is 1.40 bits per heavy atom. The van der Waals surface area contributed by atoms with E-state index in [1.165, 1.54) is 32.6 Å². The molecule has 10 aromatic rings. The highest BCUT2D eigenvalue weighted by Crippen LogP contribution is 2.41. The topological polar surface area (TPSA) is 35.6 Å². The van der Waals surface area contributed by atoms with Gasteiger partial charge in [0.2, 0.25) is 0 Å². The monoisotopic (exact) mass is 638 g/mol. The lowest BCUT2D eigenvalue weighted by atomic mass is 10.1. The van der Waals surface area contributed by atoms with Crippen molar-refractivity contribution in [3.05, 3.63) is 182 Å². The summed E-state index contributed by atoms with van der Waals surface area (Å²) in [5.41, 5.74) is 11.7. The van der Waals surface area contributed by atoms with E-state index in [0.29, 0.717) is 5.82 Å². The van der Waals surface area contributed by atoms with Gasteiger partial charge in [-0.1, -0.05) is 133 Å². The summed E-state index contributed by atoms with van der Waals surface area (Å²) in [4.78, 5) is 10.5. The first kappa shape index (κ1) is 28.3. The molecule has 7 aromatic carbocycles. The zero-order chi connectivity index (χ0) is 33.0. The molecule has 0 aliphatic heterocycles. The van der Waals surface area contributed by atoms with Crippen LogP contribution in [-0.4, -0.2) is 19.1 Å². The number of hydrogen-bond acceptors (Lipinski definition) is 2. The fourth-order valence-electron chi connectivity index (χ4n) is 7.57. The van der Waals surface area contributed by atoms with Gasteiger partial charge < -0.3 is 9.13 Å². The first-order valence-electron chi connectivity index (χ1n) is 16.9. The zero-order valence-corrected chi connectivity index (χ0v) is 27.1. The smallest absolute Gasteiger partial charge is 0.162 e. The molecule has 0 aliphatic rings. The van der Waals surface area contributed by atoms with Gasteiger partial charge in [-0.05, 0) is 48.5 Å². The van der Waals surface area contributed by atoms with E-state index >= 15 is 0 Å². The van der Waals surface area contributed by atoms with Crippen LogP contribution in [0.4, 0.5) is 0 Å². The van der Waals surface area contributed by atoms with E-state index in [1.807, 2.05) is 12.1 Å². The van der Waals surface area contributed by atoms with Crippen molar-refractivity contribution in [3.8, 4) is 45.3 Å². The SMILES string of the molecule is c1ccc(-c2cc(-c3ccccc3)nc(-c3ccccc3-n3c4ccccc4c4c(-n5c6ccccc6c6ccccc65)cccc43)n2)cc1. The first-order valence-corrected chi connectivity index (χ1v) is 16.9. The molecule has 0 unspecified atom stereocenters. The van der Waals surface area contributed by atoms with E-state index in [-0.39, 0.29) is 0 Å². The molecule has 50 heavy (non-hydrogen) atoms. The van der Waals surface area contributed by atoms with Crippen LogP contribution in [-0.2, 0) is 0 Å². The van der Waals surface area contributed by atoms with Crippen LogP contribution in [0.25, 0.3) is 88.9 Å². The molecule has 0 amide bonds. The number of para-hydroxylation sites is 4. The first-order chi connectivity index (χ1) is 24.8. The number of benzene rings is 7. The summed E-state index contributed by atoms with van der Waals surface area (Å²) in [5.74, 6) is 0.685. The fraction of sp³-hybridized carbons (Fsp3) is 0. The van der Waals surface area contributed by atoms with Crippen molar-refractivity contribution in [2.24, 2.45) is 0 Å². The second-order valence-corrected chi connectivity index (χ2v) is 12.6. The zero-order valence-electron chi connectivity index (χ0n) is 27.1. The second kappa shape index (κ2) is 11.4. The molecule has 4 nitrogen and oxygen atoms in total. The van der Waals surface area contributed by atoms with Gasteiger partial charge in [0.1, 0.15) is 0 Å². The molecule has 0 bridgehead atoms. The van der Waals surface area contributed by atoms with Crippen molar-refractivity contribution in [2.75, 3.05) is 0 Å². The second-order valence-electron chi connectivity index (χ2n) is 12.6. The largest absolute Gasteiger partial charge is 0.309 e. The van der Waals surface area contributed by atoms with Crippen molar-refractivity contribution in [1.29, 1.82) is 0 Å². The highest BCUT2D eigenvalue weighted by Gasteiger charge is 2.21. The molecule has 0 aliphatic carbocycles. The highest BCUT2D eigenvalue weighted by atomic mass is 15.0. The predicted molar refractivity (Wildman–Crippen MR) is 207 cm³/mol. The summed E-state index contributed by atoms with van der Waals surface area (Å²) in [7, 11) is 0. The Kier molecular flexibility index (Phi) is 6.46. The van der Waals surface area contributed by atoms with Gasteiger partial charge >= 0.3 is 0 Å². The lowest BCUT2D eigenvalue weighted by molar-refractivity contribution is 1.14. The molecule has 3 heterocycles. The summed E-state index contributed by atoms with van der Waals surface area (Å²) in [6.07, 6.45) is 0. The maximum absolute atomic E-state index is 5.23. The molecule has 10 rings (SSSR count). The van der Waals surface area contributed by atoms with Gasteiger partial charge in [-0.25, -0.2) is 9.97 Å². The number of nitrogens with zero attached hydrogens (tertiary/aromatic N) is 4. The molecular formula is C46H30N4. The van der Waals surface area contributed by atoms with E-state index in [2.05, 4.69) is 179 Å². The average Bonchev–Trinajstić information content (AvgIpc) is 3.72. The molecule has 0 spiro atoms. The molecular weight excluding hydrogens is 609 g/mol. The van der Waals surface area contributed by atoms with E-state index in [4.69, 9.17) is 9.97 Å². The molecule has 0 atom stereocenters. The Morgan fingerprint density at radius 1 is 0.340 bits per heavy atom. The van der Waals surface area contributed by atoms with Crippen molar-refractivity contribution in [1.82, 2.24) is 19.1 Å². The number of rotatable bonds is 5. The van der Waals surface area contributed by atoms with Gasteiger partial charge in [-0.15, -0.1) is 0 Å². The fourth-order valence-corrected chi connectivity index (χ4v) is 7.57. The van der Waals surface area contributed by atoms with E-state index in [0.717, 1.165) is 50.5 Å². The van der Waals surface area contributed by atoms with Crippen LogP contribution in [0, 0.1) is 0 Å². The van der Waals surface area contributed by atoms with E-state index in [1.54, 1.807) is 0 Å². The summed E-state index contributed by atoms with van der Waals surface area (Å²) < 4.78 is 4.81. The minimum absolute atomic E-state index is 0.685. The van der Waals surface area contributed by atoms with Crippen LogP contribution in [0.3, 0.4) is 0 Å². The van der Waals surface area contributed by atoms with Crippen LogP contribution < -0.4 is 0 Å². The van der Waals surface area contributed by atoms with Gasteiger partial charge in [-0.2, -0.15) is 0 Å². The van der Waals surface area contributed by atoms with Gasteiger partial charge in [0.15, 0.2) is 5.82 Å². The third-order valence-electron chi connectivity index (χ3n) is 9.75. The standard InChI is InChI=1S/C46H30N4/c1-3-16-31(17-4-1)37-30-38(32-18-5-2-6-19-32)48-46(47-37)36-23-10-14-27-42(36)50-41-26-13-9-22-35(41)45-43(28-15-29-44(45)50)49-39-24-11-7-20-33(39)34-21-8-12-25-40(34)49/h1-30H. The highest BCUT2D eigenvalue weighted by molar-refractivity contribution is 6.16. The third-order valence-corrected chi connectivity index (χ3v) is 9.75. The minimum Gasteiger partial charge on any atom is -0.309 e. The Bertz CT molecular complexity index is 2750. The Morgan fingerprint density at radius 2 is 0.780 bits per heavy atom. The van der Waals surface area contributed by atoms with Crippen LogP contribution in [0.2, 0.25) is 0 Å². The maximum atomic E-state index is 5.23. The molecule has 0 saturated carbocycles. The van der Waals surface area contributed by atoms with Gasteiger partial charge in [0.25, 0.3) is 0 Å². The molecule has 3 aromatic heterocycles. The quantitative estimate of drug-likeness (QED) is 0.188.